The maximum Gasteiger partial charge on any atom is 0.252 e. The molecule has 0 radical (unpaired) electrons. The summed E-state index contributed by atoms with van der Waals surface area (Å²) in [7, 11) is 0. The van der Waals surface area contributed by atoms with Gasteiger partial charge in [-0.05, 0) is 47.8 Å². The fourth-order valence-corrected chi connectivity index (χ4v) is 3.88. The average molecular weight is 498 g/mol. The number of azide groups is 1. The average Bonchev–Trinajstić information content (AvgIpc) is 3.24. The molecular weight excluding hydrogens is 466 g/mol. The smallest absolute Gasteiger partial charge is 0.252 e. The second-order valence-electron chi connectivity index (χ2n) is 8.42. The Labute approximate surface area is 209 Å². The molecule has 11 heteroatoms. The van der Waals surface area contributed by atoms with Crippen LogP contribution in [0.15, 0.2) is 58.6 Å². The molecule has 1 heterocycles. The lowest BCUT2D eigenvalue weighted by Crippen LogP contribution is -2.56. The molecule has 0 aliphatic carbocycles. The number of aliphatic hydroxyl groups excluding tert-OH is 3. The van der Waals surface area contributed by atoms with Crippen LogP contribution in [0.5, 0.6) is 5.75 Å². The molecule has 0 aromatic heterocycles. The van der Waals surface area contributed by atoms with Crippen LogP contribution in [0.2, 0.25) is 0 Å². The highest BCUT2D eigenvalue weighted by Gasteiger charge is 2.51. The number of nitrogens with one attached hydrogen (secondary N) is 1. The molecule has 2 aromatic rings. The van der Waals surface area contributed by atoms with Gasteiger partial charge in [-0.1, -0.05) is 29.4 Å². The van der Waals surface area contributed by atoms with E-state index in [2.05, 4.69) is 15.3 Å². The third-order valence-corrected chi connectivity index (χ3v) is 5.99. The van der Waals surface area contributed by atoms with Gasteiger partial charge in [-0.25, -0.2) is 4.99 Å². The van der Waals surface area contributed by atoms with E-state index in [1.807, 2.05) is 24.3 Å². The summed E-state index contributed by atoms with van der Waals surface area (Å²) in [5, 5.41) is 34.3. The number of carbonyl (C=O) groups excluding carboxylic acids is 1. The Kier molecular flexibility index (Phi) is 9.66. The van der Waals surface area contributed by atoms with Crippen molar-refractivity contribution in [3.63, 3.8) is 0 Å². The Morgan fingerprint density at radius 2 is 1.89 bits per heavy atom. The number of rotatable bonds is 13. The number of ether oxygens (including phenoxy) is 2. The van der Waals surface area contributed by atoms with Crippen molar-refractivity contribution in [1.82, 2.24) is 5.32 Å². The molecule has 1 aliphatic rings. The number of aliphatic hydroxyl groups is 3. The zero-order valence-corrected chi connectivity index (χ0v) is 20.1. The van der Waals surface area contributed by atoms with Gasteiger partial charge in [0.25, 0.3) is 5.91 Å². The first kappa shape index (κ1) is 27.0. The molecule has 11 nitrogen and oxygen atoms in total. The first-order valence-electron chi connectivity index (χ1n) is 11.7. The van der Waals surface area contributed by atoms with Crippen LogP contribution in [0.4, 0.5) is 0 Å². The van der Waals surface area contributed by atoms with Crippen molar-refractivity contribution in [2.45, 2.75) is 44.0 Å². The summed E-state index contributed by atoms with van der Waals surface area (Å²) >= 11 is 0. The summed E-state index contributed by atoms with van der Waals surface area (Å²) in [4.78, 5) is 21.2. The lowest BCUT2D eigenvalue weighted by atomic mass is 9.84. The van der Waals surface area contributed by atoms with E-state index in [1.54, 1.807) is 31.2 Å². The minimum absolute atomic E-state index is 0.0458. The van der Waals surface area contributed by atoms with Crippen molar-refractivity contribution in [2.24, 2.45) is 10.1 Å². The van der Waals surface area contributed by atoms with E-state index < -0.39 is 36.8 Å². The van der Waals surface area contributed by atoms with Crippen LogP contribution in [0, 0.1) is 0 Å². The molecule has 0 saturated carbocycles. The van der Waals surface area contributed by atoms with Gasteiger partial charge in [-0.3, -0.25) is 4.79 Å². The third kappa shape index (κ3) is 6.32. The fourth-order valence-electron chi connectivity index (χ4n) is 3.88. The Morgan fingerprint density at radius 3 is 2.53 bits per heavy atom. The summed E-state index contributed by atoms with van der Waals surface area (Å²) in [5.41, 5.74) is 9.52. The van der Waals surface area contributed by atoms with E-state index in [1.165, 1.54) is 0 Å². The van der Waals surface area contributed by atoms with Gasteiger partial charge < -0.3 is 30.1 Å². The molecule has 0 saturated heterocycles. The second-order valence-corrected chi connectivity index (χ2v) is 8.42. The predicted molar refractivity (Wildman–Crippen MR) is 133 cm³/mol. The summed E-state index contributed by atoms with van der Waals surface area (Å²) in [6.45, 7) is 1.42. The summed E-state index contributed by atoms with van der Waals surface area (Å²) in [5.74, 6) is 0.404. The number of hydrogen-bond donors (Lipinski definition) is 4. The number of carbonyl (C=O) groups is 1. The SMILES string of the molecule is C[C@H]1OC(c2ccc(OCCCO)cc2)=N[C@@]1(Cc1ccccc1CN=[N+]=[N-])C(=O)NC(CO)CO. The topological polar surface area (TPSA) is 169 Å². The molecule has 0 bridgehead atoms. The zero-order chi connectivity index (χ0) is 26.0. The Balaban J connectivity index is 1.97. The summed E-state index contributed by atoms with van der Waals surface area (Å²) in [6, 6.07) is 13.5. The highest BCUT2D eigenvalue weighted by molar-refractivity contribution is 6.01. The predicted octanol–water partition coefficient (Wildman–Crippen LogP) is 1.87. The minimum Gasteiger partial charge on any atom is -0.494 e. The molecule has 0 fully saturated rings. The molecule has 2 aromatic carbocycles. The van der Waals surface area contributed by atoms with Crippen molar-refractivity contribution in [3.8, 4) is 5.75 Å². The van der Waals surface area contributed by atoms with Crippen molar-refractivity contribution in [1.29, 1.82) is 0 Å². The van der Waals surface area contributed by atoms with Crippen LogP contribution in [0.25, 0.3) is 10.4 Å². The largest absolute Gasteiger partial charge is 0.494 e. The number of benzene rings is 2. The van der Waals surface area contributed by atoms with Gasteiger partial charge in [0.15, 0.2) is 5.54 Å². The quantitative estimate of drug-likeness (QED) is 0.142. The molecular formula is C25H31N5O6. The van der Waals surface area contributed by atoms with Crippen LogP contribution in [-0.2, 0) is 22.5 Å². The van der Waals surface area contributed by atoms with Gasteiger partial charge in [0, 0.05) is 29.9 Å². The first-order chi connectivity index (χ1) is 17.5. The maximum absolute atomic E-state index is 13.6. The monoisotopic (exact) mass is 497 g/mol. The molecule has 2 atom stereocenters. The molecule has 4 N–H and O–H groups in total. The minimum atomic E-state index is -1.40. The van der Waals surface area contributed by atoms with Crippen LogP contribution in [-0.4, -0.2) is 71.2 Å². The lowest BCUT2D eigenvalue weighted by molar-refractivity contribution is -0.129. The van der Waals surface area contributed by atoms with Gasteiger partial charge in [0.1, 0.15) is 11.9 Å². The molecule has 1 amide bonds. The van der Waals surface area contributed by atoms with E-state index in [4.69, 9.17) is 25.1 Å². The maximum atomic E-state index is 13.6. The van der Waals surface area contributed by atoms with E-state index in [0.717, 1.165) is 11.1 Å². The molecule has 36 heavy (non-hydrogen) atoms. The molecule has 192 valence electrons. The van der Waals surface area contributed by atoms with Gasteiger partial charge in [-0.2, -0.15) is 0 Å². The van der Waals surface area contributed by atoms with Gasteiger partial charge in [0.05, 0.1) is 32.4 Å². The normalized spacial score (nSPS) is 18.8. The second kappa shape index (κ2) is 12.9. The van der Waals surface area contributed by atoms with E-state index >= 15 is 0 Å². The third-order valence-electron chi connectivity index (χ3n) is 5.99. The Hall–Kier alpha value is -3.63. The van der Waals surface area contributed by atoms with Gasteiger partial charge in [0.2, 0.25) is 5.90 Å². The number of amides is 1. The standard InChI is InChI=1S/C25H31N5O6/c1-17-25(24(34)28-21(15-32)16-33,13-19-5-2-3-6-20(19)14-27-30-26)29-23(36-17)18-7-9-22(10-8-18)35-12-4-11-31/h2-3,5-10,17,21,31-33H,4,11-16H2,1H3,(H,28,34)/t17-,25-/m1/s1. The molecule has 0 unspecified atom stereocenters. The highest BCUT2D eigenvalue weighted by atomic mass is 16.5. The van der Waals surface area contributed by atoms with E-state index in [-0.39, 0.29) is 25.5 Å². The Morgan fingerprint density at radius 1 is 1.19 bits per heavy atom. The molecule has 1 aliphatic heterocycles. The van der Waals surface area contributed by atoms with E-state index in [9.17, 15) is 15.0 Å². The van der Waals surface area contributed by atoms with Crippen molar-refractivity contribution in [3.05, 3.63) is 75.7 Å². The van der Waals surface area contributed by atoms with Gasteiger partial charge in [-0.15, -0.1) is 0 Å². The number of nitrogens with zero attached hydrogens (tertiary/aromatic N) is 4. The van der Waals surface area contributed by atoms with Crippen molar-refractivity contribution < 1.29 is 29.6 Å². The van der Waals surface area contributed by atoms with Crippen LogP contribution in [0.3, 0.4) is 0 Å². The number of aliphatic imine (C=N–C) groups is 1. The fraction of sp³-hybridized carbons (Fsp3) is 0.440. The highest BCUT2D eigenvalue weighted by Crippen LogP contribution is 2.34. The summed E-state index contributed by atoms with van der Waals surface area (Å²) < 4.78 is 11.6. The molecule has 3 rings (SSSR count). The van der Waals surface area contributed by atoms with E-state index in [0.29, 0.717) is 24.3 Å². The van der Waals surface area contributed by atoms with Crippen molar-refractivity contribution >= 4 is 11.8 Å². The van der Waals surface area contributed by atoms with Gasteiger partial charge >= 0.3 is 0 Å². The first-order valence-corrected chi connectivity index (χ1v) is 11.7. The lowest BCUT2D eigenvalue weighted by Gasteiger charge is -2.30. The number of hydrogen-bond acceptors (Lipinski definition) is 8. The van der Waals surface area contributed by atoms with Crippen molar-refractivity contribution in [2.75, 3.05) is 26.4 Å². The molecule has 0 spiro atoms. The van der Waals surface area contributed by atoms with Crippen LogP contribution >= 0.6 is 0 Å². The Bertz CT molecular complexity index is 1100. The summed E-state index contributed by atoms with van der Waals surface area (Å²) in [6.07, 6.45) is -0.0122. The van der Waals surface area contributed by atoms with Crippen LogP contribution < -0.4 is 10.1 Å². The zero-order valence-electron chi connectivity index (χ0n) is 20.1. The van der Waals surface area contributed by atoms with Crippen LogP contribution in [0.1, 0.15) is 30.0 Å².